The van der Waals surface area contributed by atoms with Gasteiger partial charge >= 0.3 is 12.1 Å². The van der Waals surface area contributed by atoms with E-state index in [-0.39, 0.29) is 6.61 Å². The number of para-hydroxylation sites is 2. The van der Waals surface area contributed by atoms with E-state index >= 15 is 0 Å². The number of nitrogens with zero attached hydrogens (tertiary/aromatic N) is 1. The molecule has 0 saturated carbocycles. The number of nitrogens with one attached hydrogen (secondary N) is 2. The van der Waals surface area contributed by atoms with Gasteiger partial charge in [-0.25, -0.2) is 14.6 Å². The van der Waals surface area contributed by atoms with E-state index in [2.05, 4.69) is 15.3 Å². The average molecular weight is 409 g/mol. The summed E-state index contributed by atoms with van der Waals surface area (Å²) in [6.45, 7) is 5.44. The van der Waals surface area contributed by atoms with Gasteiger partial charge < -0.3 is 19.8 Å². The Hall–Kier alpha value is -3.35. The van der Waals surface area contributed by atoms with Crippen molar-refractivity contribution in [2.24, 2.45) is 0 Å². The smallest absolute Gasteiger partial charge is 0.408 e. The molecule has 0 aliphatic carbocycles. The van der Waals surface area contributed by atoms with Crippen molar-refractivity contribution in [2.45, 2.75) is 51.9 Å². The number of esters is 1. The van der Waals surface area contributed by atoms with E-state index in [4.69, 9.17) is 9.47 Å². The molecule has 158 valence electrons. The van der Waals surface area contributed by atoms with Gasteiger partial charge in [0.15, 0.2) is 0 Å². The lowest BCUT2D eigenvalue weighted by Gasteiger charge is -2.23. The molecule has 7 heteroatoms. The van der Waals surface area contributed by atoms with Gasteiger partial charge in [-0.3, -0.25) is 0 Å². The summed E-state index contributed by atoms with van der Waals surface area (Å²) in [5.74, 6) is 0.226. The van der Waals surface area contributed by atoms with Crippen LogP contribution in [0.2, 0.25) is 0 Å². The fourth-order valence-corrected chi connectivity index (χ4v) is 2.93. The molecule has 3 aromatic rings. The van der Waals surface area contributed by atoms with Crippen molar-refractivity contribution in [3.05, 3.63) is 66.0 Å². The summed E-state index contributed by atoms with van der Waals surface area (Å²) in [7, 11) is 0. The number of benzene rings is 2. The Morgan fingerprint density at radius 3 is 2.47 bits per heavy atom. The largest absolute Gasteiger partial charge is 0.459 e. The summed E-state index contributed by atoms with van der Waals surface area (Å²) >= 11 is 0. The maximum atomic E-state index is 12.7. The van der Waals surface area contributed by atoms with Gasteiger partial charge in [-0.1, -0.05) is 42.5 Å². The summed E-state index contributed by atoms with van der Waals surface area (Å²) in [4.78, 5) is 32.7. The van der Waals surface area contributed by atoms with Crippen molar-refractivity contribution in [1.82, 2.24) is 15.3 Å². The number of aromatic amines is 1. The van der Waals surface area contributed by atoms with E-state index in [1.54, 1.807) is 20.8 Å². The van der Waals surface area contributed by atoms with Gasteiger partial charge in [0.1, 0.15) is 24.1 Å². The number of hydrogen-bond acceptors (Lipinski definition) is 5. The summed E-state index contributed by atoms with van der Waals surface area (Å²) in [6, 6.07) is 16.2. The first-order valence-electron chi connectivity index (χ1n) is 9.94. The number of carbonyl (C=O) groups is 2. The van der Waals surface area contributed by atoms with Crippen LogP contribution < -0.4 is 5.32 Å². The molecule has 0 fully saturated rings. The third-order valence-corrected chi connectivity index (χ3v) is 4.31. The quantitative estimate of drug-likeness (QED) is 0.572. The Morgan fingerprint density at radius 2 is 1.77 bits per heavy atom. The zero-order valence-electron chi connectivity index (χ0n) is 17.5. The van der Waals surface area contributed by atoms with Crippen molar-refractivity contribution in [1.29, 1.82) is 0 Å². The molecule has 2 N–H and O–H groups in total. The molecule has 0 spiro atoms. The highest BCUT2D eigenvalue weighted by atomic mass is 16.6. The molecular weight excluding hydrogens is 382 g/mol. The van der Waals surface area contributed by atoms with Gasteiger partial charge in [-0.15, -0.1) is 0 Å². The molecular formula is C23H27N3O4. The highest BCUT2D eigenvalue weighted by molar-refractivity contribution is 5.81. The number of fused-ring (bicyclic) bond motifs is 1. The van der Waals surface area contributed by atoms with E-state index in [1.807, 2.05) is 54.6 Å². The molecule has 0 radical (unpaired) electrons. The molecule has 1 aromatic heterocycles. The number of aryl methyl sites for hydroxylation is 1. The van der Waals surface area contributed by atoms with E-state index in [9.17, 15) is 9.59 Å². The molecule has 2 aromatic carbocycles. The fourth-order valence-electron chi connectivity index (χ4n) is 2.93. The lowest BCUT2D eigenvalue weighted by molar-refractivity contribution is -0.147. The molecule has 1 amide bonds. The predicted molar refractivity (Wildman–Crippen MR) is 114 cm³/mol. The number of aromatic nitrogens is 2. The van der Waals surface area contributed by atoms with Crippen LogP contribution in [0.4, 0.5) is 4.79 Å². The first kappa shape index (κ1) is 21.4. The van der Waals surface area contributed by atoms with Crippen LogP contribution in [0.1, 0.15) is 38.6 Å². The van der Waals surface area contributed by atoms with Crippen LogP contribution in [0.5, 0.6) is 0 Å². The van der Waals surface area contributed by atoms with Gasteiger partial charge in [0.25, 0.3) is 0 Å². The number of imidazole rings is 1. The minimum Gasteiger partial charge on any atom is -0.459 e. The first-order chi connectivity index (χ1) is 14.3. The number of hydrogen-bond donors (Lipinski definition) is 2. The predicted octanol–water partition coefficient (Wildman–Crippen LogP) is 4.13. The van der Waals surface area contributed by atoms with Gasteiger partial charge in [-0.2, -0.15) is 0 Å². The van der Waals surface area contributed by atoms with Crippen LogP contribution in [0, 0.1) is 0 Å². The SMILES string of the molecule is CC(C)(C)OC(=O)NC(CCc1nc2ccccc2[nH]1)C(=O)OCc1ccccc1. The fraction of sp³-hybridized carbons (Fsp3) is 0.348. The second-order valence-electron chi connectivity index (χ2n) is 8.03. The zero-order valence-corrected chi connectivity index (χ0v) is 17.5. The van der Waals surface area contributed by atoms with E-state index < -0.39 is 23.7 Å². The summed E-state index contributed by atoms with van der Waals surface area (Å²) in [6.07, 6.45) is 0.135. The van der Waals surface area contributed by atoms with Crippen LogP contribution in [0.3, 0.4) is 0 Å². The molecule has 1 unspecified atom stereocenters. The molecule has 0 aliphatic rings. The molecule has 1 atom stereocenters. The number of rotatable bonds is 7. The molecule has 0 aliphatic heterocycles. The molecule has 30 heavy (non-hydrogen) atoms. The van der Waals surface area contributed by atoms with E-state index in [0.29, 0.717) is 12.8 Å². The molecule has 7 nitrogen and oxygen atoms in total. The highest BCUT2D eigenvalue weighted by Gasteiger charge is 2.26. The second kappa shape index (κ2) is 9.43. The Labute approximate surface area is 175 Å². The first-order valence-corrected chi connectivity index (χ1v) is 9.94. The second-order valence-corrected chi connectivity index (χ2v) is 8.03. The van der Waals surface area contributed by atoms with Crippen molar-refractivity contribution >= 4 is 23.1 Å². The Bertz CT molecular complexity index is 959. The summed E-state index contributed by atoms with van der Waals surface area (Å²) in [5, 5.41) is 2.64. The molecule has 1 heterocycles. The Balaban J connectivity index is 1.65. The standard InChI is InChI=1S/C23H27N3O4/c1-23(2,3)30-22(28)26-19(21(27)29-15-16-9-5-4-6-10-16)13-14-20-24-17-11-7-8-12-18(17)25-20/h4-12,19H,13-15H2,1-3H3,(H,24,25)(H,26,28). The van der Waals surface area contributed by atoms with Crippen LogP contribution >= 0.6 is 0 Å². The van der Waals surface area contributed by atoms with Crippen molar-refractivity contribution in [3.63, 3.8) is 0 Å². The van der Waals surface area contributed by atoms with Crippen molar-refractivity contribution < 1.29 is 19.1 Å². The third kappa shape index (κ3) is 6.34. The van der Waals surface area contributed by atoms with Crippen molar-refractivity contribution in [3.8, 4) is 0 Å². The summed E-state index contributed by atoms with van der Waals surface area (Å²) < 4.78 is 10.7. The topological polar surface area (TPSA) is 93.3 Å². The highest BCUT2D eigenvalue weighted by Crippen LogP contribution is 2.14. The normalized spacial score (nSPS) is 12.4. The number of amides is 1. The van der Waals surface area contributed by atoms with Gasteiger partial charge in [0.2, 0.25) is 0 Å². The molecule has 3 rings (SSSR count). The van der Waals surface area contributed by atoms with Crippen molar-refractivity contribution in [2.75, 3.05) is 0 Å². The van der Waals surface area contributed by atoms with Crippen LogP contribution in [-0.4, -0.2) is 33.7 Å². The number of ether oxygens (including phenoxy) is 2. The van der Waals surface area contributed by atoms with Gasteiger partial charge in [0.05, 0.1) is 11.0 Å². The lowest BCUT2D eigenvalue weighted by Crippen LogP contribution is -2.44. The average Bonchev–Trinajstić information content (AvgIpc) is 3.11. The number of alkyl carbamates (subject to hydrolysis) is 1. The van der Waals surface area contributed by atoms with E-state index in [0.717, 1.165) is 22.4 Å². The Kier molecular flexibility index (Phi) is 6.72. The van der Waals surface area contributed by atoms with Crippen LogP contribution in [0.15, 0.2) is 54.6 Å². The van der Waals surface area contributed by atoms with Crippen LogP contribution in [0.25, 0.3) is 11.0 Å². The number of carbonyl (C=O) groups excluding carboxylic acids is 2. The van der Waals surface area contributed by atoms with Gasteiger partial charge in [0, 0.05) is 6.42 Å². The van der Waals surface area contributed by atoms with Crippen LogP contribution in [-0.2, 0) is 27.3 Å². The lowest BCUT2D eigenvalue weighted by atomic mass is 10.1. The monoisotopic (exact) mass is 409 g/mol. The summed E-state index contributed by atoms with van der Waals surface area (Å²) in [5.41, 5.74) is 1.99. The molecule has 0 saturated heterocycles. The van der Waals surface area contributed by atoms with Gasteiger partial charge in [-0.05, 0) is 44.9 Å². The molecule has 0 bridgehead atoms. The Morgan fingerprint density at radius 1 is 1.07 bits per heavy atom. The number of H-pyrrole nitrogens is 1. The minimum absolute atomic E-state index is 0.136. The zero-order chi connectivity index (χ0) is 21.6. The maximum Gasteiger partial charge on any atom is 0.408 e. The maximum absolute atomic E-state index is 12.7. The minimum atomic E-state index is -0.850. The third-order valence-electron chi connectivity index (χ3n) is 4.31. The van der Waals surface area contributed by atoms with E-state index in [1.165, 1.54) is 0 Å².